The van der Waals surface area contributed by atoms with Gasteiger partial charge in [-0.2, -0.15) is 5.21 Å². The number of hydrogen-bond acceptors (Lipinski definition) is 5. The van der Waals surface area contributed by atoms with E-state index in [0.717, 1.165) is 0 Å². The molecular weight excluding hydrogens is 232 g/mol. The molecule has 0 aliphatic rings. The smallest absolute Gasteiger partial charge is 0.294 e. The van der Waals surface area contributed by atoms with Crippen LogP contribution in [0.2, 0.25) is 5.02 Å². The predicted octanol–water partition coefficient (Wildman–Crippen LogP) is 1.12. The van der Waals surface area contributed by atoms with Crippen LogP contribution in [-0.4, -0.2) is 27.1 Å². The van der Waals surface area contributed by atoms with Gasteiger partial charge in [0.2, 0.25) is 5.82 Å². The Kier molecular flexibility index (Phi) is 3.11. The number of hydrogen-bond donors (Lipinski definition) is 1. The van der Waals surface area contributed by atoms with Crippen LogP contribution >= 0.6 is 11.6 Å². The molecule has 2 aromatic rings. The molecule has 0 saturated carbocycles. The molecule has 0 saturated heterocycles. The van der Waals surface area contributed by atoms with Gasteiger partial charge in [0.15, 0.2) is 6.10 Å². The first-order valence-electron chi connectivity index (χ1n) is 4.39. The fourth-order valence-electron chi connectivity index (χ4n) is 1.29. The number of aromatic nitrogens is 4. The fourth-order valence-corrected chi connectivity index (χ4v) is 1.49. The molecule has 1 atom stereocenters. The third-order valence-electron chi connectivity index (χ3n) is 1.94. The summed E-state index contributed by atoms with van der Waals surface area (Å²) in [4.78, 5) is 10.4. The van der Waals surface area contributed by atoms with Gasteiger partial charge in [0.05, 0.1) is 0 Å². The summed E-state index contributed by atoms with van der Waals surface area (Å²) in [6, 6.07) is 6.90. The van der Waals surface area contributed by atoms with E-state index in [4.69, 9.17) is 16.3 Å². The summed E-state index contributed by atoms with van der Waals surface area (Å²) in [7, 11) is 0. The van der Waals surface area contributed by atoms with E-state index in [0.29, 0.717) is 17.1 Å². The van der Waals surface area contributed by atoms with Crippen molar-refractivity contribution in [1.29, 1.82) is 0 Å². The molecule has 2 rings (SSSR count). The molecule has 0 amide bonds. The molecule has 0 aliphatic heterocycles. The van der Waals surface area contributed by atoms with Gasteiger partial charge in [-0.05, 0) is 12.1 Å². The first kappa shape index (κ1) is 10.6. The SMILES string of the molecule is O=COC(c1cccc(Cl)c1)c1nn[nH]n1. The number of rotatable bonds is 4. The lowest BCUT2D eigenvalue weighted by Crippen LogP contribution is -2.07. The van der Waals surface area contributed by atoms with Crippen molar-refractivity contribution in [2.45, 2.75) is 6.10 Å². The molecule has 6 nitrogen and oxygen atoms in total. The van der Waals surface area contributed by atoms with E-state index in [-0.39, 0.29) is 5.82 Å². The Hall–Kier alpha value is -1.95. The summed E-state index contributed by atoms with van der Waals surface area (Å²) in [5.74, 6) is 0.273. The molecule has 82 valence electrons. The Morgan fingerprint density at radius 1 is 1.50 bits per heavy atom. The highest BCUT2D eigenvalue weighted by Crippen LogP contribution is 2.24. The molecule has 0 radical (unpaired) electrons. The molecule has 1 unspecified atom stereocenters. The summed E-state index contributed by atoms with van der Waals surface area (Å²) in [5, 5.41) is 13.8. The third kappa shape index (κ3) is 2.17. The Morgan fingerprint density at radius 3 is 3.00 bits per heavy atom. The highest BCUT2D eigenvalue weighted by atomic mass is 35.5. The molecule has 1 heterocycles. The summed E-state index contributed by atoms with van der Waals surface area (Å²) in [6.45, 7) is 0.335. The third-order valence-corrected chi connectivity index (χ3v) is 2.17. The fraction of sp³-hybridized carbons (Fsp3) is 0.111. The molecule has 7 heteroatoms. The molecule has 1 aromatic heterocycles. The Morgan fingerprint density at radius 2 is 2.38 bits per heavy atom. The van der Waals surface area contributed by atoms with E-state index in [9.17, 15) is 4.79 Å². The largest absolute Gasteiger partial charge is 0.451 e. The van der Waals surface area contributed by atoms with E-state index in [2.05, 4.69) is 20.6 Å². The lowest BCUT2D eigenvalue weighted by atomic mass is 10.1. The minimum absolute atomic E-state index is 0.273. The van der Waals surface area contributed by atoms with Crippen LogP contribution in [-0.2, 0) is 9.53 Å². The Balaban J connectivity index is 2.36. The van der Waals surface area contributed by atoms with E-state index in [1.807, 2.05) is 0 Å². The average molecular weight is 239 g/mol. The van der Waals surface area contributed by atoms with Crippen LogP contribution in [0, 0.1) is 0 Å². The van der Waals surface area contributed by atoms with Crippen LogP contribution in [0.5, 0.6) is 0 Å². The average Bonchev–Trinajstić information content (AvgIpc) is 2.79. The number of nitrogens with one attached hydrogen (secondary N) is 1. The quantitative estimate of drug-likeness (QED) is 0.807. The second kappa shape index (κ2) is 4.71. The van der Waals surface area contributed by atoms with Gasteiger partial charge in [0.1, 0.15) is 0 Å². The van der Waals surface area contributed by atoms with Crippen molar-refractivity contribution in [2.75, 3.05) is 0 Å². The molecule has 0 aliphatic carbocycles. The second-order valence-electron chi connectivity index (χ2n) is 2.94. The Bertz CT molecular complexity index is 474. The van der Waals surface area contributed by atoms with Crippen molar-refractivity contribution in [3.05, 3.63) is 40.7 Å². The highest BCUT2D eigenvalue weighted by molar-refractivity contribution is 6.30. The van der Waals surface area contributed by atoms with Crippen molar-refractivity contribution in [1.82, 2.24) is 20.6 Å². The van der Waals surface area contributed by atoms with Gasteiger partial charge in [-0.25, -0.2) is 0 Å². The maximum absolute atomic E-state index is 10.4. The van der Waals surface area contributed by atoms with Gasteiger partial charge in [0.25, 0.3) is 6.47 Å². The van der Waals surface area contributed by atoms with Crippen LogP contribution < -0.4 is 0 Å². The zero-order valence-electron chi connectivity index (χ0n) is 8.00. The molecule has 16 heavy (non-hydrogen) atoms. The number of aromatic amines is 1. The van der Waals surface area contributed by atoms with E-state index < -0.39 is 6.10 Å². The minimum Gasteiger partial charge on any atom is -0.451 e. The van der Waals surface area contributed by atoms with Crippen LogP contribution in [0.25, 0.3) is 0 Å². The first-order valence-corrected chi connectivity index (χ1v) is 4.77. The molecular formula is C9H7ClN4O2. The molecule has 0 fully saturated rings. The first-order chi connectivity index (χ1) is 7.81. The Labute approximate surface area is 95.6 Å². The summed E-state index contributed by atoms with van der Waals surface area (Å²) < 4.78 is 4.90. The van der Waals surface area contributed by atoms with Crippen LogP contribution in [0.4, 0.5) is 0 Å². The molecule has 0 bridgehead atoms. The lowest BCUT2D eigenvalue weighted by molar-refractivity contribution is -0.132. The van der Waals surface area contributed by atoms with Crippen molar-refractivity contribution >= 4 is 18.1 Å². The highest BCUT2D eigenvalue weighted by Gasteiger charge is 2.19. The number of carbonyl (C=O) groups excluding carboxylic acids is 1. The zero-order chi connectivity index (χ0) is 11.4. The monoisotopic (exact) mass is 238 g/mol. The predicted molar refractivity (Wildman–Crippen MR) is 54.6 cm³/mol. The standard InChI is InChI=1S/C9H7ClN4O2/c10-7-3-1-2-6(4-7)8(16-5-15)9-11-13-14-12-9/h1-5,8H,(H,11,12,13,14). The number of ether oxygens (including phenoxy) is 1. The van der Waals surface area contributed by atoms with Crippen LogP contribution in [0.3, 0.4) is 0 Å². The van der Waals surface area contributed by atoms with E-state index in [1.165, 1.54) is 0 Å². The number of nitrogens with zero attached hydrogens (tertiary/aromatic N) is 3. The normalized spacial score (nSPS) is 12.1. The topological polar surface area (TPSA) is 80.8 Å². The number of H-pyrrole nitrogens is 1. The van der Waals surface area contributed by atoms with E-state index in [1.54, 1.807) is 24.3 Å². The van der Waals surface area contributed by atoms with Gasteiger partial charge >= 0.3 is 0 Å². The number of carbonyl (C=O) groups is 1. The minimum atomic E-state index is -0.699. The summed E-state index contributed by atoms with van der Waals surface area (Å²) >= 11 is 5.84. The molecule has 1 N–H and O–H groups in total. The summed E-state index contributed by atoms with van der Waals surface area (Å²) in [6.07, 6.45) is -0.699. The number of tetrazole rings is 1. The number of halogens is 1. The number of benzene rings is 1. The molecule has 0 spiro atoms. The van der Waals surface area contributed by atoms with Gasteiger partial charge in [0, 0.05) is 10.6 Å². The van der Waals surface area contributed by atoms with Crippen molar-refractivity contribution in [3.63, 3.8) is 0 Å². The van der Waals surface area contributed by atoms with Gasteiger partial charge < -0.3 is 4.74 Å². The van der Waals surface area contributed by atoms with Gasteiger partial charge in [-0.15, -0.1) is 10.2 Å². The maximum atomic E-state index is 10.4. The lowest BCUT2D eigenvalue weighted by Gasteiger charge is -2.11. The van der Waals surface area contributed by atoms with Gasteiger partial charge in [-0.3, -0.25) is 4.79 Å². The summed E-state index contributed by atoms with van der Waals surface area (Å²) in [5.41, 5.74) is 0.681. The maximum Gasteiger partial charge on any atom is 0.294 e. The van der Waals surface area contributed by atoms with Crippen molar-refractivity contribution < 1.29 is 9.53 Å². The zero-order valence-corrected chi connectivity index (χ0v) is 8.76. The molecule has 1 aromatic carbocycles. The van der Waals surface area contributed by atoms with Gasteiger partial charge in [-0.1, -0.05) is 28.9 Å². The van der Waals surface area contributed by atoms with Crippen LogP contribution in [0.15, 0.2) is 24.3 Å². The van der Waals surface area contributed by atoms with Crippen molar-refractivity contribution in [3.8, 4) is 0 Å². The van der Waals surface area contributed by atoms with Crippen molar-refractivity contribution in [2.24, 2.45) is 0 Å². The van der Waals surface area contributed by atoms with Crippen LogP contribution in [0.1, 0.15) is 17.5 Å². The second-order valence-corrected chi connectivity index (χ2v) is 3.37. The van der Waals surface area contributed by atoms with E-state index >= 15 is 0 Å².